The van der Waals surface area contributed by atoms with Crippen LogP contribution in [0, 0.1) is 0 Å². The van der Waals surface area contributed by atoms with Crippen molar-refractivity contribution in [2.45, 2.75) is 19.3 Å². The van der Waals surface area contributed by atoms with Crippen LogP contribution in [0.2, 0.25) is 5.15 Å². The topological polar surface area (TPSA) is 82.5 Å². The van der Waals surface area contributed by atoms with E-state index in [1.54, 1.807) is 4.90 Å². The van der Waals surface area contributed by atoms with Gasteiger partial charge < -0.3 is 15.3 Å². The Labute approximate surface area is 121 Å². The molecule has 0 atom stereocenters. The molecule has 1 aromatic rings. The summed E-state index contributed by atoms with van der Waals surface area (Å²) in [5.74, 6) is -0.802. The first-order chi connectivity index (χ1) is 9.56. The number of nitrogens with zero attached hydrogens (tertiary/aromatic N) is 2. The van der Waals surface area contributed by atoms with Gasteiger partial charge in [-0.3, -0.25) is 4.79 Å². The number of carboxylic acids is 1. The fraction of sp³-hybridized carbons (Fsp3) is 0.462. The number of pyridine rings is 1. The highest BCUT2D eigenvalue weighted by molar-refractivity contribution is 6.29. The average Bonchev–Trinajstić information content (AvgIpc) is 2.45. The summed E-state index contributed by atoms with van der Waals surface area (Å²) in [5.41, 5.74) is 0.0397. The van der Waals surface area contributed by atoms with Gasteiger partial charge in [-0.1, -0.05) is 11.6 Å². The van der Waals surface area contributed by atoms with Gasteiger partial charge in [0.25, 0.3) is 0 Å². The number of carbonyl (C=O) groups is 2. The summed E-state index contributed by atoms with van der Waals surface area (Å²) in [5, 5.41) is 11.8. The number of carbonyl (C=O) groups excluding carboxylic acids is 1. The Morgan fingerprint density at radius 1 is 1.30 bits per heavy atom. The Balaban J connectivity index is 1.96. The number of hydrogen-bond acceptors (Lipinski definition) is 4. The highest BCUT2D eigenvalue weighted by atomic mass is 35.5. The molecule has 1 saturated heterocycles. The summed E-state index contributed by atoms with van der Waals surface area (Å²) in [4.78, 5) is 28.6. The molecule has 2 rings (SSSR count). The van der Waals surface area contributed by atoms with E-state index in [-0.39, 0.29) is 23.2 Å². The Bertz CT molecular complexity index is 516. The number of amides is 1. The average molecular weight is 298 g/mol. The summed E-state index contributed by atoms with van der Waals surface area (Å²) in [7, 11) is 0. The van der Waals surface area contributed by atoms with E-state index in [1.807, 2.05) is 0 Å². The summed E-state index contributed by atoms with van der Waals surface area (Å²) in [6, 6.07) is 2.62. The summed E-state index contributed by atoms with van der Waals surface area (Å²) >= 11 is 5.75. The van der Waals surface area contributed by atoms with E-state index in [1.165, 1.54) is 12.1 Å². The third kappa shape index (κ3) is 3.84. The molecule has 0 aromatic carbocycles. The van der Waals surface area contributed by atoms with Gasteiger partial charge in [0.1, 0.15) is 11.0 Å². The van der Waals surface area contributed by atoms with Crippen molar-refractivity contribution in [3.63, 3.8) is 0 Å². The van der Waals surface area contributed by atoms with Crippen LogP contribution < -0.4 is 5.32 Å². The predicted molar refractivity (Wildman–Crippen MR) is 75.1 cm³/mol. The van der Waals surface area contributed by atoms with Crippen LogP contribution in [0.3, 0.4) is 0 Å². The Hall–Kier alpha value is -1.82. The van der Waals surface area contributed by atoms with Gasteiger partial charge in [0.2, 0.25) is 5.91 Å². The van der Waals surface area contributed by atoms with Crippen molar-refractivity contribution in [1.29, 1.82) is 0 Å². The molecule has 7 heteroatoms. The Morgan fingerprint density at radius 3 is 2.65 bits per heavy atom. The number of carboxylic acid groups (broad SMARTS) is 1. The van der Waals surface area contributed by atoms with Gasteiger partial charge in [-0.25, -0.2) is 9.78 Å². The van der Waals surface area contributed by atoms with E-state index in [9.17, 15) is 9.59 Å². The lowest BCUT2D eigenvalue weighted by molar-refractivity contribution is -0.130. The fourth-order valence-electron chi connectivity index (χ4n) is 2.13. The van der Waals surface area contributed by atoms with Crippen LogP contribution >= 0.6 is 11.6 Å². The maximum atomic E-state index is 12.0. The minimum Gasteiger partial charge on any atom is -0.478 e. The first kappa shape index (κ1) is 14.6. The second-order valence-electron chi connectivity index (χ2n) is 4.66. The second kappa shape index (κ2) is 6.56. The molecule has 6 nitrogen and oxygen atoms in total. The van der Waals surface area contributed by atoms with Crippen LogP contribution in [0.4, 0.5) is 5.82 Å². The van der Waals surface area contributed by atoms with Crippen molar-refractivity contribution in [2.75, 3.05) is 25.0 Å². The van der Waals surface area contributed by atoms with E-state index >= 15 is 0 Å². The summed E-state index contributed by atoms with van der Waals surface area (Å²) in [6.07, 6.45) is 3.23. The van der Waals surface area contributed by atoms with Crippen molar-refractivity contribution in [3.05, 3.63) is 22.8 Å². The summed E-state index contributed by atoms with van der Waals surface area (Å²) in [6.45, 7) is 1.65. The van der Waals surface area contributed by atoms with Gasteiger partial charge in [0.05, 0.1) is 12.1 Å². The minimum absolute atomic E-state index is 0.0108. The zero-order chi connectivity index (χ0) is 14.5. The van der Waals surface area contributed by atoms with Crippen LogP contribution in [0.15, 0.2) is 12.1 Å². The van der Waals surface area contributed by atoms with Crippen molar-refractivity contribution < 1.29 is 14.7 Å². The molecular formula is C13H16ClN3O3. The van der Waals surface area contributed by atoms with Gasteiger partial charge >= 0.3 is 5.97 Å². The van der Waals surface area contributed by atoms with Crippen molar-refractivity contribution in [2.24, 2.45) is 0 Å². The molecule has 1 aliphatic rings. The van der Waals surface area contributed by atoms with Crippen LogP contribution in [0.5, 0.6) is 0 Å². The first-order valence-corrected chi connectivity index (χ1v) is 6.86. The zero-order valence-corrected chi connectivity index (χ0v) is 11.7. The molecule has 0 aliphatic carbocycles. The van der Waals surface area contributed by atoms with E-state index in [0.29, 0.717) is 5.82 Å². The highest BCUT2D eigenvalue weighted by Crippen LogP contribution is 2.15. The molecule has 1 aliphatic heterocycles. The number of likely N-dealkylation sites (tertiary alicyclic amines) is 1. The molecule has 0 unspecified atom stereocenters. The van der Waals surface area contributed by atoms with E-state index < -0.39 is 5.97 Å². The lowest BCUT2D eigenvalue weighted by Crippen LogP contribution is -2.39. The number of nitrogens with one attached hydrogen (secondary N) is 1. The van der Waals surface area contributed by atoms with Gasteiger partial charge in [-0.15, -0.1) is 0 Å². The first-order valence-electron chi connectivity index (χ1n) is 6.49. The SMILES string of the molecule is O=C(O)c1cc(Cl)nc(NCC(=O)N2CCCCC2)c1. The van der Waals surface area contributed by atoms with Gasteiger partial charge in [0, 0.05) is 13.1 Å². The number of aromatic nitrogens is 1. The van der Waals surface area contributed by atoms with Crippen LogP contribution in [0.25, 0.3) is 0 Å². The van der Waals surface area contributed by atoms with Crippen LogP contribution in [-0.4, -0.2) is 46.5 Å². The molecular weight excluding hydrogens is 282 g/mol. The Morgan fingerprint density at radius 2 is 2.00 bits per heavy atom. The molecule has 1 fully saturated rings. The molecule has 108 valence electrons. The number of hydrogen-bond donors (Lipinski definition) is 2. The molecule has 2 heterocycles. The fourth-order valence-corrected chi connectivity index (χ4v) is 2.34. The smallest absolute Gasteiger partial charge is 0.335 e. The molecule has 1 amide bonds. The predicted octanol–water partition coefficient (Wildman–Crippen LogP) is 1.86. The van der Waals surface area contributed by atoms with Crippen LogP contribution in [0.1, 0.15) is 29.6 Å². The lowest BCUT2D eigenvalue weighted by Gasteiger charge is -2.26. The maximum Gasteiger partial charge on any atom is 0.335 e. The zero-order valence-electron chi connectivity index (χ0n) is 10.9. The third-order valence-electron chi connectivity index (χ3n) is 3.17. The van der Waals surface area contributed by atoms with Gasteiger partial charge in [0.15, 0.2) is 0 Å². The largest absolute Gasteiger partial charge is 0.478 e. The molecule has 0 radical (unpaired) electrons. The molecule has 0 spiro atoms. The van der Waals surface area contributed by atoms with E-state index in [4.69, 9.17) is 16.7 Å². The monoisotopic (exact) mass is 297 g/mol. The van der Waals surface area contributed by atoms with Crippen molar-refractivity contribution in [1.82, 2.24) is 9.88 Å². The molecule has 2 N–H and O–H groups in total. The second-order valence-corrected chi connectivity index (χ2v) is 5.05. The highest BCUT2D eigenvalue weighted by Gasteiger charge is 2.16. The number of rotatable bonds is 4. The minimum atomic E-state index is -1.08. The number of halogens is 1. The number of anilines is 1. The van der Waals surface area contributed by atoms with Gasteiger partial charge in [-0.05, 0) is 31.4 Å². The third-order valence-corrected chi connectivity index (χ3v) is 3.36. The van der Waals surface area contributed by atoms with Crippen molar-refractivity contribution in [3.8, 4) is 0 Å². The van der Waals surface area contributed by atoms with E-state index in [0.717, 1.165) is 32.4 Å². The molecule has 20 heavy (non-hydrogen) atoms. The molecule has 0 saturated carbocycles. The van der Waals surface area contributed by atoms with E-state index in [2.05, 4.69) is 10.3 Å². The number of aromatic carboxylic acids is 1. The quantitative estimate of drug-likeness (QED) is 0.829. The standard InChI is InChI=1S/C13H16ClN3O3/c14-10-6-9(13(19)20)7-11(16-10)15-8-12(18)17-4-2-1-3-5-17/h6-7H,1-5,8H2,(H,15,16)(H,19,20). The lowest BCUT2D eigenvalue weighted by atomic mass is 10.1. The van der Waals surface area contributed by atoms with Gasteiger partial charge in [-0.2, -0.15) is 0 Å². The molecule has 0 bridgehead atoms. The Kier molecular flexibility index (Phi) is 4.79. The summed E-state index contributed by atoms with van der Waals surface area (Å²) < 4.78 is 0. The maximum absolute atomic E-state index is 12.0. The van der Waals surface area contributed by atoms with Crippen LogP contribution in [-0.2, 0) is 4.79 Å². The number of piperidine rings is 1. The normalized spacial score (nSPS) is 14.9. The molecule has 1 aromatic heterocycles. The van der Waals surface area contributed by atoms with Crippen molar-refractivity contribution >= 4 is 29.3 Å².